The molecule has 1 fully saturated rings. The van der Waals surface area contributed by atoms with Gasteiger partial charge in [0.25, 0.3) is 5.24 Å². The van der Waals surface area contributed by atoms with E-state index >= 15 is 0 Å². The molecule has 1 N–H and O–H groups in total. The number of nitrogens with one attached hydrogen (secondary N) is 1. The number of likely N-dealkylation sites (N-methyl/N-ethyl adjacent to an activating group) is 1. The highest BCUT2D eigenvalue weighted by Crippen LogP contribution is 2.23. The fraction of sp³-hybridized carbons (Fsp3) is 0.391. The van der Waals surface area contributed by atoms with E-state index in [4.69, 9.17) is 4.74 Å². The molecule has 0 saturated carbocycles. The number of aromatic nitrogens is 1. The summed E-state index contributed by atoms with van der Waals surface area (Å²) in [5.41, 5.74) is 2.21. The molecule has 3 rings (SSSR count). The third-order valence-electron chi connectivity index (χ3n) is 5.09. The molecule has 1 saturated heterocycles. The van der Waals surface area contributed by atoms with E-state index in [1.165, 1.54) is 5.56 Å². The molecule has 2 heterocycles. The Morgan fingerprint density at radius 1 is 1.10 bits per heavy atom. The van der Waals surface area contributed by atoms with Crippen LogP contribution in [0.15, 0.2) is 48.8 Å². The van der Waals surface area contributed by atoms with E-state index in [0.717, 1.165) is 36.6 Å². The molecule has 0 bridgehead atoms. The van der Waals surface area contributed by atoms with Gasteiger partial charge in [0.05, 0.1) is 11.8 Å². The first kappa shape index (κ1) is 22.8. The highest BCUT2D eigenvalue weighted by atomic mass is 32.2. The van der Waals surface area contributed by atoms with E-state index in [0.29, 0.717) is 31.7 Å². The molecule has 0 aliphatic carbocycles. The second-order valence-corrected chi connectivity index (χ2v) is 8.63. The SMILES string of the molecule is CN(CCOc1ccc(CC2SC(=O)NC2=O)cc1)C(=O)CCCCc1ccncc1. The van der Waals surface area contributed by atoms with Crippen molar-refractivity contribution in [1.29, 1.82) is 0 Å². The lowest BCUT2D eigenvalue weighted by Crippen LogP contribution is -2.30. The summed E-state index contributed by atoms with van der Waals surface area (Å²) >= 11 is 1.03. The summed E-state index contributed by atoms with van der Waals surface area (Å²) < 4.78 is 5.74. The van der Waals surface area contributed by atoms with Crippen LogP contribution < -0.4 is 10.1 Å². The number of aryl methyl sites for hydroxylation is 1. The molecule has 2 aromatic rings. The van der Waals surface area contributed by atoms with Gasteiger partial charge in [-0.3, -0.25) is 24.7 Å². The van der Waals surface area contributed by atoms with Crippen LogP contribution in [-0.4, -0.2) is 52.4 Å². The molecule has 1 aromatic carbocycles. The number of hydrogen-bond acceptors (Lipinski definition) is 6. The summed E-state index contributed by atoms with van der Waals surface area (Å²) in [6.07, 6.45) is 7.40. The summed E-state index contributed by atoms with van der Waals surface area (Å²) in [6.45, 7) is 0.930. The number of carbonyl (C=O) groups is 3. The molecular formula is C23H27N3O4S. The molecule has 7 nitrogen and oxygen atoms in total. The first-order valence-corrected chi connectivity index (χ1v) is 11.3. The minimum atomic E-state index is -0.372. The Kier molecular flexibility index (Phi) is 8.46. The van der Waals surface area contributed by atoms with E-state index in [2.05, 4.69) is 10.3 Å². The summed E-state index contributed by atoms with van der Waals surface area (Å²) in [6, 6.07) is 11.5. The Bertz CT molecular complexity index is 889. The Labute approximate surface area is 186 Å². The minimum Gasteiger partial charge on any atom is -0.492 e. The average Bonchev–Trinajstić information content (AvgIpc) is 3.09. The van der Waals surface area contributed by atoms with Gasteiger partial charge >= 0.3 is 0 Å². The zero-order chi connectivity index (χ0) is 22.1. The van der Waals surface area contributed by atoms with Gasteiger partial charge in [-0.2, -0.15) is 0 Å². The van der Waals surface area contributed by atoms with Gasteiger partial charge in [-0.25, -0.2) is 0 Å². The molecule has 1 aliphatic rings. The standard InChI is InChI=1S/C23H27N3O4S/c1-26(21(27)5-3-2-4-17-10-12-24-13-11-17)14-15-30-19-8-6-18(7-9-19)16-20-22(28)25-23(29)31-20/h6-13,20H,2-5,14-16H2,1H3,(H,25,28,29). The molecule has 164 valence electrons. The van der Waals surface area contributed by atoms with E-state index in [-0.39, 0.29) is 22.3 Å². The van der Waals surface area contributed by atoms with Crippen molar-refractivity contribution in [3.8, 4) is 5.75 Å². The first-order chi connectivity index (χ1) is 15.0. The van der Waals surface area contributed by atoms with Crippen molar-refractivity contribution in [2.45, 2.75) is 37.4 Å². The maximum absolute atomic E-state index is 12.3. The van der Waals surface area contributed by atoms with E-state index < -0.39 is 0 Å². The molecule has 3 amide bonds. The molecule has 31 heavy (non-hydrogen) atoms. The number of pyridine rings is 1. The van der Waals surface area contributed by atoms with Crippen LogP contribution in [0.1, 0.15) is 30.4 Å². The highest BCUT2D eigenvalue weighted by Gasteiger charge is 2.31. The lowest BCUT2D eigenvalue weighted by molar-refractivity contribution is -0.130. The van der Waals surface area contributed by atoms with Crippen LogP contribution >= 0.6 is 11.8 Å². The quantitative estimate of drug-likeness (QED) is 0.539. The van der Waals surface area contributed by atoms with Crippen LogP contribution in [0, 0.1) is 0 Å². The Morgan fingerprint density at radius 2 is 1.84 bits per heavy atom. The number of unbranched alkanes of at least 4 members (excludes halogenated alkanes) is 1. The van der Waals surface area contributed by atoms with Crippen LogP contribution in [0.5, 0.6) is 5.75 Å². The van der Waals surface area contributed by atoms with Crippen molar-refractivity contribution in [1.82, 2.24) is 15.2 Å². The van der Waals surface area contributed by atoms with E-state index in [9.17, 15) is 14.4 Å². The second kappa shape index (κ2) is 11.5. The summed E-state index contributed by atoms with van der Waals surface area (Å²) in [7, 11) is 1.79. The molecule has 0 spiro atoms. The van der Waals surface area contributed by atoms with Crippen LogP contribution in [-0.2, 0) is 22.4 Å². The van der Waals surface area contributed by atoms with Gasteiger partial charge in [0.15, 0.2) is 0 Å². The van der Waals surface area contributed by atoms with Gasteiger partial charge in [0, 0.05) is 25.9 Å². The molecule has 8 heteroatoms. The average molecular weight is 442 g/mol. The predicted octanol–water partition coefficient (Wildman–Crippen LogP) is 3.23. The van der Waals surface area contributed by atoms with Crippen molar-refractivity contribution in [3.05, 3.63) is 59.9 Å². The number of thioether (sulfide) groups is 1. The largest absolute Gasteiger partial charge is 0.492 e. The van der Waals surface area contributed by atoms with Crippen LogP contribution in [0.25, 0.3) is 0 Å². The molecular weight excluding hydrogens is 414 g/mol. The smallest absolute Gasteiger partial charge is 0.286 e. The number of amides is 3. The van der Waals surface area contributed by atoms with E-state index in [1.807, 2.05) is 36.4 Å². The predicted molar refractivity (Wildman–Crippen MR) is 120 cm³/mol. The normalized spacial score (nSPS) is 15.6. The Morgan fingerprint density at radius 3 is 2.52 bits per heavy atom. The molecule has 1 atom stereocenters. The van der Waals surface area contributed by atoms with Crippen molar-refractivity contribution in [3.63, 3.8) is 0 Å². The number of ether oxygens (including phenoxy) is 1. The lowest BCUT2D eigenvalue weighted by Gasteiger charge is -2.17. The number of hydrogen-bond donors (Lipinski definition) is 1. The van der Waals surface area contributed by atoms with Crippen LogP contribution in [0.4, 0.5) is 4.79 Å². The van der Waals surface area contributed by atoms with Crippen molar-refractivity contribution >= 4 is 28.8 Å². The number of rotatable bonds is 11. The second-order valence-electron chi connectivity index (χ2n) is 7.46. The molecule has 1 aromatic heterocycles. The monoisotopic (exact) mass is 441 g/mol. The zero-order valence-corrected chi connectivity index (χ0v) is 18.4. The molecule has 0 radical (unpaired) electrons. The highest BCUT2D eigenvalue weighted by molar-refractivity contribution is 8.15. The van der Waals surface area contributed by atoms with Crippen molar-refractivity contribution in [2.24, 2.45) is 0 Å². The maximum Gasteiger partial charge on any atom is 0.286 e. The first-order valence-electron chi connectivity index (χ1n) is 10.4. The summed E-state index contributed by atoms with van der Waals surface area (Å²) in [4.78, 5) is 40.9. The van der Waals surface area contributed by atoms with Gasteiger partial charge in [-0.15, -0.1) is 0 Å². The number of benzene rings is 1. The third kappa shape index (κ3) is 7.40. The maximum atomic E-state index is 12.3. The third-order valence-corrected chi connectivity index (χ3v) is 6.07. The number of nitrogens with zero attached hydrogens (tertiary/aromatic N) is 2. The number of carbonyl (C=O) groups excluding carboxylic acids is 3. The van der Waals surface area contributed by atoms with Crippen molar-refractivity contribution < 1.29 is 19.1 Å². The summed E-state index contributed by atoms with van der Waals surface area (Å²) in [5, 5.41) is 1.63. The minimum absolute atomic E-state index is 0.121. The Balaban J connectivity index is 1.31. The Hall–Kier alpha value is -2.87. The fourth-order valence-corrected chi connectivity index (χ4v) is 4.09. The molecule has 1 unspecified atom stereocenters. The van der Waals surface area contributed by atoms with Crippen LogP contribution in [0.2, 0.25) is 0 Å². The van der Waals surface area contributed by atoms with Gasteiger partial charge < -0.3 is 9.64 Å². The zero-order valence-electron chi connectivity index (χ0n) is 17.6. The van der Waals surface area contributed by atoms with Crippen LogP contribution in [0.3, 0.4) is 0 Å². The van der Waals surface area contributed by atoms with E-state index in [1.54, 1.807) is 24.3 Å². The summed E-state index contributed by atoms with van der Waals surface area (Å²) in [5.74, 6) is 0.595. The fourth-order valence-electron chi connectivity index (χ4n) is 3.23. The number of imide groups is 1. The van der Waals surface area contributed by atoms with Gasteiger partial charge in [-0.1, -0.05) is 23.9 Å². The van der Waals surface area contributed by atoms with Crippen molar-refractivity contribution in [2.75, 3.05) is 20.2 Å². The topological polar surface area (TPSA) is 88.6 Å². The van der Waals surface area contributed by atoms with Gasteiger partial charge in [-0.05, 0) is 61.1 Å². The van der Waals surface area contributed by atoms with Gasteiger partial charge in [0.1, 0.15) is 12.4 Å². The van der Waals surface area contributed by atoms with Gasteiger partial charge in [0.2, 0.25) is 11.8 Å². The molecule has 1 aliphatic heterocycles. The lowest BCUT2D eigenvalue weighted by atomic mass is 10.1.